The van der Waals surface area contributed by atoms with Crippen LogP contribution in [0.1, 0.15) is 31.9 Å². The third-order valence-electron chi connectivity index (χ3n) is 5.16. The average molecular weight is 499 g/mol. The number of hydrogen-bond acceptors (Lipinski definition) is 4. The first-order chi connectivity index (χ1) is 13.1. The van der Waals surface area contributed by atoms with E-state index >= 15 is 0 Å². The van der Waals surface area contributed by atoms with Crippen molar-refractivity contribution in [2.45, 2.75) is 32.9 Å². The summed E-state index contributed by atoms with van der Waals surface area (Å²) < 4.78 is 7.38. The zero-order valence-electron chi connectivity index (χ0n) is 16.7. The summed E-state index contributed by atoms with van der Waals surface area (Å²) >= 11 is 0. The number of imidazole rings is 1. The van der Waals surface area contributed by atoms with Crippen LogP contribution < -0.4 is 10.1 Å². The smallest absolute Gasteiger partial charge is 0.194 e. The van der Waals surface area contributed by atoms with Gasteiger partial charge < -0.3 is 24.6 Å². The van der Waals surface area contributed by atoms with Crippen molar-refractivity contribution in [3.8, 4) is 11.5 Å². The molecule has 0 saturated carbocycles. The molecule has 1 aromatic heterocycles. The first-order valence-electron chi connectivity index (χ1n) is 9.49. The summed E-state index contributed by atoms with van der Waals surface area (Å²) in [4.78, 5) is 11.3. The molecule has 1 fully saturated rings. The highest BCUT2D eigenvalue weighted by atomic mass is 127. The molecular weight excluding hydrogens is 469 g/mol. The van der Waals surface area contributed by atoms with Crippen LogP contribution in [0, 0.1) is 5.92 Å². The lowest BCUT2D eigenvalue weighted by atomic mass is 9.93. The van der Waals surface area contributed by atoms with Crippen molar-refractivity contribution in [2.24, 2.45) is 10.9 Å². The molecule has 2 heterocycles. The second kappa shape index (κ2) is 10.5. The SMILES string of the molecule is CCNC(=NCc1cccc(OC)c1O)N1CCC(C)C(n2ccnc2)C1.I. The highest BCUT2D eigenvalue weighted by Gasteiger charge is 2.28. The van der Waals surface area contributed by atoms with Crippen LogP contribution in [0.4, 0.5) is 0 Å². The van der Waals surface area contributed by atoms with E-state index in [-0.39, 0.29) is 29.7 Å². The fourth-order valence-electron chi connectivity index (χ4n) is 3.54. The first kappa shape index (κ1) is 22.3. The number of aromatic nitrogens is 2. The number of phenolic OH excluding ortho intramolecular Hbond substituents is 1. The van der Waals surface area contributed by atoms with E-state index in [1.807, 2.05) is 30.9 Å². The summed E-state index contributed by atoms with van der Waals surface area (Å²) in [5.41, 5.74) is 0.751. The molecule has 2 atom stereocenters. The third kappa shape index (κ3) is 5.09. The molecule has 154 valence electrons. The van der Waals surface area contributed by atoms with Gasteiger partial charge in [0, 0.05) is 37.6 Å². The second-order valence-electron chi connectivity index (χ2n) is 6.93. The maximum Gasteiger partial charge on any atom is 0.194 e. The summed E-state index contributed by atoms with van der Waals surface area (Å²) in [7, 11) is 1.55. The van der Waals surface area contributed by atoms with Crippen LogP contribution in [-0.4, -0.2) is 52.3 Å². The lowest BCUT2D eigenvalue weighted by Gasteiger charge is -2.39. The Kier molecular flexibility index (Phi) is 8.40. The maximum absolute atomic E-state index is 10.3. The number of halogens is 1. The number of likely N-dealkylation sites (tertiary alicyclic amines) is 1. The van der Waals surface area contributed by atoms with Gasteiger partial charge in [0.05, 0.1) is 26.0 Å². The van der Waals surface area contributed by atoms with E-state index in [0.717, 1.165) is 37.6 Å². The number of ether oxygens (including phenoxy) is 1. The quantitative estimate of drug-likeness (QED) is 0.376. The van der Waals surface area contributed by atoms with Crippen LogP contribution in [0.2, 0.25) is 0 Å². The van der Waals surface area contributed by atoms with E-state index in [9.17, 15) is 5.11 Å². The van der Waals surface area contributed by atoms with Crippen molar-refractivity contribution in [2.75, 3.05) is 26.7 Å². The predicted molar refractivity (Wildman–Crippen MR) is 122 cm³/mol. The number of aliphatic imine (C=N–C) groups is 1. The van der Waals surface area contributed by atoms with E-state index < -0.39 is 0 Å². The molecule has 0 radical (unpaired) electrons. The molecule has 2 N–H and O–H groups in total. The Hall–Kier alpha value is -1.97. The predicted octanol–water partition coefficient (Wildman–Crippen LogP) is 3.26. The number of nitrogens with one attached hydrogen (secondary N) is 1. The fraction of sp³-hybridized carbons (Fsp3) is 0.500. The van der Waals surface area contributed by atoms with Crippen molar-refractivity contribution in [3.05, 3.63) is 42.5 Å². The third-order valence-corrected chi connectivity index (χ3v) is 5.16. The Morgan fingerprint density at radius 3 is 2.93 bits per heavy atom. The molecule has 2 aromatic rings. The Morgan fingerprint density at radius 1 is 1.43 bits per heavy atom. The molecule has 1 aliphatic heterocycles. The van der Waals surface area contributed by atoms with Gasteiger partial charge in [0.1, 0.15) is 0 Å². The van der Waals surface area contributed by atoms with E-state index in [2.05, 4.69) is 33.6 Å². The fourth-order valence-corrected chi connectivity index (χ4v) is 3.54. The summed E-state index contributed by atoms with van der Waals surface area (Å²) in [6.45, 7) is 7.40. The molecular formula is C20H30IN5O2. The van der Waals surface area contributed by atoms with E-state index in [1.54, 1.807) is 13.2 Å². The van der Waals surface area contributed by atoms with Crippen molar-refractivity contribution >= 4 is 29.9 Å². The zero-order valence-corrected chi connectivity index (χ0v) is 19.0. The Labute approximate surface area is 183 Å². The normalized spacial score (nSPS) is 19.8. The second-order valence-corrected chi connectivity index (χ2v) is 6.93. The van der Waals surface area contributed by atoms with Crippen LogP contribution in [0.5, 0.6) is 11.5 Å². The summed E-state index contributed by atoms with van der Waals surface area (Å²) in [5.74, 6) is 2.08. The van der Waals surface area contributed by atoms with Gasteiger partial charge in [0.25, 0.3) is 0 Å². The van der Waals surface area contributed by atoms with Crippen molar-refractivity contribution in [1.82, 2.24) is 19.8 Å². The minimum absolute atomic E-state index is 0. The number of methoxy groups -OCH3 is 1. The van der Waals surface area contributed by atoms with Crippen LogP contribution >= 0.6 is 24.0 Å². The summed E-state index contributed by atoms with van der Waals surface area (Å²) in [5, 5.41) is 13.7. The van der Waals surface area contributed by atoms with Crippen LogP contribution in [-0.2, 0) is 6.54 Å². The van der Waals surface area contributed by atoms with Crippen molar-refractivity contribution in [3.63, 3.8) is 0 Å². The zero-order chi connectivity index (χ0) is 19.2. The molecule has 2 unspecified atom stereocenters. The number of aromatic hydroxyl groups is 1. The van der Waals surface area contributed by atoms with Crippen molar-refractivity contribution in [1.29, 1.82) is 0 Å². The van der Waals surface area contributed by atoms with Crippen molar-refractivity contribution < 1.29 is 9.84 Å². The van der Waals surface area contributed by atoms with Gasteiger partial charge in [-0.1, -0.05) is 19.1 Å². The largest absolute Gasteiger partial charge is 0.504 e. The van der Waals surface area contributed by atoms with E-state index in [4.69, 9.17) is 9.73 Å². The van der Waals surface area contributed by atoms with Gasteiger partial charge in [-0.05, 0) is 25.3 Å². The van der Waals surface area contributed by atoms with Crippen LogP contribution in [0.15, 0.2) is 41.9 Å². The van der Waals surface area contributed by atoms with E-state index in [1.165, 1.54) is 0 Å². The number of phenols is 1. The molecule has 8 heteroatoms. The van der Waals surface area contributed by atoms with Gasteiger partial charge in [-0.2, -0.15) is 0 Å². The Balaban J connectivity index is 0.00000280. The van der Waals surface area contributed by atoms with Gasteiger partial charge >= 0.3 is 0 Å². The topological polar surface area (TPSA) is 74.9 Å². The molecule has 0 spiro atoms. The van der Waals surface area contributed by atoms with Gasteiger partial charge in [-0.25, -0.2) is 9.98 Å². The van der Waals surface area contributed by atoms with Crippen LogP contribution in [0.25, 0.3) is 0 Å². The lowest BCUT2D eigenvalue weighted by molar-refractivity contribution is 0.189. The first-order valence-corrected chi connectivity index (χ1v) is 9.49. The number of nitrogens with zero attached hydrogens (tertiary/aromatic N) is 4. The summed E-state index contributed by atoms with van der Waals surface area (Å²) in [6.07, 6.45) is 6.85. The molecule has 0 amide bonds. The molecule has 0 bridgehead atoms. The molecule has 1 aromatic carbocycles. The molecule has 1 saturated heterocycles. The Morgan fingerprint density at radius 2 is 2.25 bits per heavy atom. The molecule has 7 nitrogen and oxygen atoms in total. The molecule has 0 aliphatic carbocycles. The highest BCUT2D eigenvalue weighted by Crippen LogP contribution is 2.30. The van der Waals surface area contributed by atoms with Gasteiger partial charge in [-0.3, -0.25) is 0 Å². The van der Waals surface area contributed by atoms with Gasteiger partial charge in [0.2, 0.25) is 0 Å². The standard InChI is InChI=1S/C20H29N5O2.HI/c1-4-22-20(23-12-16-6-5-7-18(27-3)19(16)26)24-10-8-15(2)17(13-24)25-11-9-21-14-25;/h5-7,9,11,14-15,17,26H,4,8,10,12-13H2,1-3H3,(H,22,23);1H. The van der Waals surface area contributed by atoms with Crippen LogP contribution in [0.3, 0.4) is 0 Å². The Bertz CT molecular complexity index is 766. The lowest BCUT2D eigenvalue weighted by Crippen LogP contribution is -2.49. The number of guanidine groups is 1. The molecule has 1 aliphatic rings. The number of hydrogen-bond donors (Lipinski definition) is 2. The number of para-hydroxylation sites is 1. The molecule has 3 rings (SSSR count). The van der Waals surface area contributed by atoms with E-state index in [0.29, 0.717) is 24.3 Å². The minimum atomic E-state index is 0. The average Bonchev–Trinajstić information content (AvgIpc) is 3.21. The summed E-state index contributed by atoms with van der Waals surface area (Å²) in [6, 6.07) is 5.86. The number of piperidine rings is 1. The minimum Gasteiger partial charge on any atom is -0.504 e. The van der Waals surface area contributed by atoms with Gasteiger partial charge in [0.15, 0.2) is 17.5 Å². The van der Waals surface area contributed by atoms with Gasteiger partial charge in [-0.15, -0.1) is 24.0 Å². The number of benzene rings is 1. The molecule has 28 heavy (non-hydrogen) atoms. The monoisotopic (exact) mass is 499 g/mol. The maximum atomic E-state index is 10.3. The highest BCUT2D eigenvalue weighted by molar-refractivity contribution is 14.0. The number of rotatable bonds is 5.